The molecule has 3 N–H and O–H groups in total. The zero-order chi connectivity index (χ0) is 13.1. The second-order valence-corrected chi connectivity index (χ2v) is 4.50. The summed E-state index contributed by atoms with van der Waals surface area (Å²) in [6.07, 6.45) is 0. The molecule has 0 saturated heterocycles. The fourth-order valence-electron chi connectivity index (χ4n) is 2.34. The van der Waals surface area contributed by atoms with Gasteiger partial charge in [-0.05, 0) is 11.1 Å². The third kappa shape index (κ3) is 2.36. The molecule has 0 atom stereocenters. The molecular weight excluding hydrogens is 234 g/mol. The van der Waals surface area contributed by atoms with Crippen molar-refractivity contribution in [3.63, 3.8) is 0 Å². The number of nitrogens with two attached hydrogens (primary N) is 1. The first-order valence-corrected chi connectivity index (χ1v) is 6.25. The van der Waals surface area contributed by atoms with Gasteiger partial charge in [-0.25, -0.2) is 0 Å². The monoisotopic (exact) mass is 249 g/mol. The number of nitrogen functional groups attached to an aromatic ring is 1. The largest absolute Gasteiger partial charge is 0.382 e. The Morgan fingerprint density at radius 1 is 0.842 bits per heavy atom. The maximum atomic E-state index is 5.73. The Balaban J connectivity index is 2.11. The molecule has 0 unspecified atom stereocenters. The van der Waals surface area contributed by atoms with Crippen molar-refractivity contribution in [3.8, 4) is 0 Å². The number of nitrogens with zero attached hydrogens (tertiary/aromatic N) is 1. The number of benzene rings is 2. The molecule has 3 aromatic rings. The summed E-state index contributed by atoms with van der Waals surface area (Å²) in [4.78, 5) is 0. The molecule has 0 aliphatic carbocycles. The van der Waals surface area contributed by atoms with E-state index in [0.29, 0.717) is 5.82 Å². The van der Waals surface area contributed by atoms with E-state index >= 15 is 0 Å². The van der Waals surface area contributed by atoms with E-state index in [-0.39, 0.29) is 5.92 Å². The van der Waals surface area contributed by atoms with Crippen LogP contribution in [0.4, 0.5) is 5.82 Å². The van der Waals surface area contributed by atoms with Crippen LogP contribution in [0.5, 0.6) is 0 Å². The number of aromatic amines is 1. The highest BCUT2D eigenvalue weighted by molar-refractivity contribution is 5.43. The van der Waals surface area contributed by atoms with Crippen LogP contribution in [0.25, 0.3) is 0 Å². The quantitative estimate of drug-likeness (QED) is 0.749. The third-order valence-electron chi connectivity index (χ3n) is 3.19. The predicted molar refractivity (Wildman–Crippen MR) is 76.8 cm³/mol. The van der Waals surface area contributed by atoms with Crippen molar-refractivity contribution in [2.45, 2.75) is 5.92 Å². The maximum absolute atomic E-state index is 5.73. The highest BCUT2D eigenvalue weighted by Crippen LogP contribution is 2.30. The molecule has 0 amide bonds. The van der Waals surface area contributed by atoms with Crippen LogP contribution in [0.2, 0.25) is 0 Å². The Labute approximate surface area is 112 Å². The van der Waals surface area contributed by atoms with Crippen LogP contribution >= 0.6 is 0 Å². The minimum atomic E-state index is 0.132. The number of anilines is 1. The van der Waals surface area contributed by atoms with Crippen LogP contribution in [0.15, 0.2) is 66.7 Å². The zero-order valence-corrected chi connectivity index (χ0v) is 10.5. The second kappa shape index (κ2) is 4.98. The Kier molecular flexibility index (Phi) is 3.02. The number of rotatable bonds is 3. The van der Waals surface area contributed by atoms with Crippen molar-refractivity contribution in [2.75, 3.05) is 5.73 Å². The number of hydrogen-bond acceptors (Lipinski definition) is 2. The molecular formula is C16H15N3. The summed E-state index contributed by atoms with van der Waals surface area (Å²) in [6.45, 7) is 0. The molecule has 3 rings (SSSR count). The van der Waals surface area contributed by atoms with Crippen molar-refractivity contribution in [1.82, 2.24) is 10.2 Å². The minimum Gasteiger partial charge on any atom is -0.382 e. The fourth-order valence-corrected chi connectivity index (χ4v) is 2.34. The van der Waals surface area contributed by atoms with Gasteiger partial charge in [0.15, 0.2) is 0 Å². The first kappa shape index (κ1) is 11.5. The lowest BCUT2D eigenvalue weighted by Crippen LogP contribution is -2.03. The molecule has 1 aromatic heterocycles. The van der Waals surface area contributed by atoms with Crippen molar-refractivity contribution < 1.29 is 0 Å². The van der Waals surface area contributed by atoms with Gasteiger partial charge in [0.2, 0.25) is 0 Å². The first-order chi connectivity index (χ1) is 9.34. The van der Waals surface area contributed by atoms with Gasteiger partial charge in [-0.3, -0.25) is 5.10 Å². The lowest BCUT2D eigenvalue weighted by molar-refractivity contribution is 0.895. The Bertz CT molecular complexity index is 605. The van der Waals surface area contributed by atoms with Gasteiger partial charge in [0.05, 0.1) is 5.92 Å². The molecule has 3 nitrogen and oxygen atoms in total. The summed E-state index contributed by atoms with van der Waals surface area (Å²) in [5, 5.41) is 7.07. The number of nitrogens with one attached hydrogen (secondary N) is 1. The highest BCUT2D eigenvalue weighted by Gasteiger charge is 2.18. The summed E-state index contributed by atoms with van der Waals surface area (Å²) in [6, 6.07) is 22.6. The van der Waals surface area contributed by atoms with Crippen LogP contribution in [-0.2, 0) is 0 Å². The van der Waals surface area contributed by atoms with Crippen LogP contribution in [-0.4, -0.2) is 10.2 Å². The number of hydrogen-bond donors (Lipinski definition) is 2. The summed E-state index contributed by atoms with van der Waals surface area (Å²) in [5.41, 5.74) is 9.18. The highest BCUT2D eigenvalue weighted by atomic mass is 15.2. The van der Waals surface area contributed by atoms with E-state index in [0.717, 1.165) is 5.69 Å². The molecule has 19 heavy (non-hydrogen) atoms. The van der Waals surface area contributed by atoms with Crippen molar-refractivity contribution in [2.24, 2.45) is 0 Å². The van der Waals surface area contributed by atoms with E-state index in [1.165, 1.54) is 11.1 Å². The van der Waals surface area contributed by atoms with Gasteiger partial charge in [-0.1, -0.05) is 60.7 Å². The number of aromatic nitrogens is 2. The van der Waals surface area contributed by atoms with E-state index in [1.807, 2.05) is 42.5 Å². The first-order valence-electron chi connectivity index (χ1n) is 6.25. The van der Waals surface area contributed by atoms with Crippen LogP contribution in [0.1, 0.15) is 22.7 Å². The minimum absolute atomic E-state index is 0.132. The van der Waals surface area contributed by atoms with E-state index in [1.54, 1.807) is 0 Å². The molecule has 2 aromatic carbocycles. The second-order valence-electron chi connectivity index (χ2n) is 4.50. The molecule has 1 heterocycles. The molecule has 0 aliphatic heterocycles. The Morgan fingerprint density at radius 3 is 1.79 bits per heavy atom. The van der Waals surface area contributed by atoms with Gasteiger partial charge in [0.1, 0.15) is 5.82 Å². The van der Waals surface area contributed by atoms with Gasteiger partial charge in [-0.2, -0.15) is 5.10 Å². The normalized spacial score (nSPS) is 10.8. The standard InChI is InChI=1S/C16H15N3/c17-15-11-14(18-19-15)16(12-7-3-1-4-8-12)13-9-5-2-6-10-13/h1-11,16H,(H3,17,18,19). The van der Waals surface area contributed by atoms with Gasteiger partial charge in [0.25, 0.3) is 0 Å². The maximum Gasteiger partial charge on any atom is 0.145 e. The van der Waals surface area contributed by atoms with E-state index in [4.69, 9.17) is 5.73 Å². The summed E-state index contributed by atoms with van der Waals surface area (Å²) < 4.78 is 0. The fraction of sp³-hybridized carbons (Fsp3) is 0.0625. The molecule has 0 radical (unpaired) electrons. The molecule has 3 heteroatoms. The van der Waals surface area contributed by atoms with E-state index < -0.39 is 0 Å². The van der Waals surface area contributed by atoms with E-state index in [9.17, 15) is 0 Å². The average Bonchev–Trinajstić information content (AvgIpc) is 2.88. The van der Waals surface area contributed by atoms with Crippen LogP contribution in [0.3, 0.4) is 0 Å². The SMILES string of the molecule is Nc1cc(C(c2ccccc2)c2ccccc2)[nH]n1. The topological polar surface area (TPSA) is 54.7 Å². The van der Waals surface area contributed by atoms with Crippen LogP contribution < -0.4 is 5.73 Å². The summed E-state index contributed by atoms with van der Waals surface area (Å²) in [5.74, 6) is 0.652. The smallest absolute Gasteiger partial charge is 0.145 e. The van der Waals surface area contributed by atoms with Gasteiger partial charge >= 0.3 is 0 Å². The predicted octanol–water partition coefficient (Wildman–Crippen LogP) is 3.17. The molecule has 0 saturated carbocycles. The van der Waals surface area contributed by atoms with Crippen molar-refractivity contribution in [3.05, 3.63) is 83.6 Å². The van der Waals surface area contributed by atoms with E-state index in [2.05, 4.69) is 34.5 Å². The lowest BCUT2D eigenvalue weighted by atomic mass is 9.89. The molecule has 94 valence electrons. The molecule has 0 spiro atoms. The lowest BCUT2D eigenvalue weighted by Gasteiger charge is -2.16. The molecule has 0 bridgehead atoms. The number of H-pyrrole nitrogens is 1. The van der Waals surface area contributed by atoms with Crippen LogP contribution in [0, 0.1) is 0 Å². The van der Waals surface area contributed by atoms with Crippen molar-refractivity contribution >= 4 is 5.82 Å². The summed E-state index contributed by atoms with van der Waals surface area (Å²) in [7, 11) is 0. The third-order valence-corrected chi connectivity index (χ3v) is 3.19. The van der Waals surface area contributed by atoms with Gasteiger partial charge < -0.3 is 5.73 Å². The average molecular weight is 249 g/mol. The Morgan fingerprint density at radius 2 is 1.37 bits per heavy atom. The summed E-state index contributed by atoms with van der Waals surface area (Å²) >= 11 is 0. The van der Waals surface area contributed by atoms with Gasteiger partial charge in [-0.15, -0.1) is 0 Å². The molecule has 0 aliphatic rings. The van der Waals surface area contributed by atoms with Gasteiger partial charge in [0, 0.05) is 11.8 Å². The Hall–Kier alpha value is -2.55. The molecule has 0 fully saturated rings. The van der Waals surface area contributed by atoms with Crippen molar-refractivity contribution in [1.29, 1.82) is 0 Å². The zero-order valence-electron chi connectivity index (χ0n) is 10.5.